The molecule has 0 heterocycles. The van der Waals surface area contributed by atoms with E-state index in [1.165, 1.54) is 19.3 Å². The predicted octanol–water partition coefficient (Wildman–Crippen LogP) is 1.92. The van der Waals surface area contributed by atoms with Gasteiger partial charge in [-0.05, 0) is 18.9 Å². The Morgan fingerprint density at radius 3 is 2.68 bits per heavy atom. The molecule has 0 fully saturated rings. The number of carbonyl (C=O) groups excluding carboxylic acids is 1. The van der Waals surface area contributed by atoms with Crippen molar-refractivity contribution in [3.05, 3.63) is 42.1 Å². The third-order valence-electron chi connectivity index (χ3n) is 1.87. The van der Waals surface area contributed by atoms with E-state index < -0.39 is 5.91 Å². The van der Waals surface area contributed by atoms with Crippen LogP contribution in [0.2, 0.25) is 0 Å². The van der Waals surface area contributed by atoms with Crippen LogP contribution in [0.4, 0.5) is 0 Å². The summed E-state index contributed by atoms with van der Waals surface area (Å²) < 4.78 is 0. The third-order valence-corrected chi connectivity index (χ3v) is 1.87. The van der Waals surface area contributed by atoms with Gasteiger partial charge in [0.1, 0.15) is 6.07 Å². The summed E-state index contributed by atoms with van der Waals surface area (Å²) in [6, 6.07) is 10.5. The summed E-state index contributed by atoms with van der Waals surface area (Å²) in [7, 11) is 0. The topological polar surface area (TPSA) is 78.1 Å². The number of hydrogen-bond acceptors (Lipinski definition) is 5. The van der Waals surface area contributed by atoms with Crippen molar-refractivity contribution in [2.45, 2.75) is 6.92 Å². The second-order valence-electron chi connectivity index (χ2n) is 3.32. The van der Waals surface area contributed by atoms with Crippen LogP contribution in [0.25, 0.3) is 0 Å². The lowest BCUT2D eigenvalue weighted by atomic mass is 10.3. The van der Waals surface area contributed by atoms with Gasteiger partial charge in [0.2, 0.25) is 0 Å². The molecule has 0 saturated heterocycles. The Bertz CT molecular complexity index is 544. The van der Waals surface area contributed by atoms with Crippen molar-refractivity contribution >= 4 is 18.8 Å². The predicted molar refractivity (Wildman–Crippen MR) is 71.3 cm³/mol. The highest BCUT2D eigenvalue weighted by Gasteiger charge is 2.08. The SMILES string of the molecule is C=NC=C(C#N)C=NN(Oc1ccccc1)C(C)=O. The molecule has 0 aromatic heterocycles. The number of para-hydroxylation sites is 1. The van der Waals surface area contributed by atoms with Crippen molar-refractivity contribution < 1.29 is 9.63 Å². The molecule has 0 atom stereocenters. The van der Waals surface area contributed by atoms with E-state index in [-0.39, 0.29) is 5.57 Å². The molecule has 0 aliphatic heterocycles. The standard InChI is InChI=1S/C13H12N4O2/c1-11(18)17(16-10-12(8-14)9-15-2)19-13-6-4-3-5-7-13/h3-7,9-10H,2H2,1H3. The number of carbonyl (C=O) groups is 1. The Morgan fingerprint density at radius 2 is 2.16 bits per heavy atom. The van der Waals surface area contributed by atoms with Crippen LogP contribution in [0.1, 0.15) is 6.92 Å². The van der Waals surface area contributed by atoms with Crippen LogP contribution in [0.3, 0.4) is 0 Å². The van der Waals surface area contributed by atoms with Gasteiger partial charge in [-0.25, -0.2) is 0 Å². The van der Waals surface area contributed by atoms with Gasteiger partial charge in [-0.15, -0.1) is 5.10 Å². The zero-order valence-corrected chi connectivity index (χ0v) is 10.4. The number of aliphatic imine (C=N–C) groups is 1. The van der Waals surface area contributed by atoms with Crippen molar-refractivity contribution in [1.82, 2.24) is 5.17 Å². The molecular formula is C13H12N4O2. The summed E-state index contributed by atoms with van der Waals surface area (Å²) in [4.78, 5) is 20.1. The highest BCUT2D eigenvalue weighted by atomic mass is 16.7. The molecule has 6 nitrogen and oxygen atoms in total. The summed E-state index contributed by atoms with van der Waals surface area (Å²) in [5.41, 5.74) is 0.151. The first-order chi connectivity index (χ1) is 9.17. The first-order valence-electron chi connectivity index (χ1n) is 5.31. The number of hydrazone groups is 1. The van der Waals surface area contributed by atoms with E-state index in [4.69, 9.17) is 10.1 Å². The fraction of sp³-hybridized carbons (Fsp3) is 0.0769. The molecule has 19 heavy (non-hydrogen) atoms. The fourth-order valence-corrected chi connectivity index (χ4v) is 1.05. The molecule has 1 aromatic rings. The van der Waals surface area contributed by atoms with Crippen molar-refractivity contribution in [2.75, 3.05) is 0 Å². The van der Waals surface area contributed by atoms with Crippen molar-refractivity contribution in [3.8, 4) is 11.8 Å². The molecule has 0 N–H and O–H groups in total. The van der Waals surface area contributed by atoms with E-state index in [1.54, 1.807) is 24.3 Å². The van der Waals surface area contributed by atoms with E-state index in [2.05, 4.69) is 16.8 Å². The van der Waals surface area contributed by atoms with Gasteiger partial charge in [0.05, 0.1) is 11.8 Å². The fourth-order valence-electron chi connectivity index (χ4n) is 1.05. The number of hydrogen-bond donors (Lipinski definition) is 0. The average molecular weight is 256 g/mol. The maximum Gasteiger partial charge on any atom is 0.277 e. The molecule has 1 aromatic carbocycles. The van der Waals surface area contributed by atoms with Crippen LogP contribution in [0, 0.1) is 11.3 Å². The Hall–Kier alpha value is -2.94. The zero-order valence-electron chi connectivity index (χ0n) is 10.4. The maximum atomic E-state index is 11.4. The van der Waals surface area contributed by atoms with Crippen molar-refractivity contribution in [2.24, 2.45) is 10.1 Å². The van der Waals surface area contributed by atoms with Crippen molar-refractivity contribution in [3.63, 3.8) is 0 Å². The van der Waals surface area contributed by atoms with Crippen LogP contribution in [-0.4, -0.2) is 24.0 Å². The van der Waals surface area contributed by atoms with Crippen LogP contribution < -0.4 is 4.84 Å². The quantitative estimate of drug-likeness (QED) is 0.458. The molecule has 0 radical (unpaired) electrons. The van der Waals surface area contributed by atoms with Crippen molar-refractivity contribution in [1.29, 1.82) is 5.26 Å². The van der Waals surface area contributed by atoms with E-state index >= 15 is 0 Å². The Morgan fingerprint density at radius 1 is 1.47 bits per heavy atom. The van der Waals surface area contributed by atoms with Gasteiger partial charge in [-0.3, -0.25) is 9.79 Å². The molecule has 0 spiro atoms. The van der Waals surface area contributed by atoms with Gasteiger partial charge in [-0.2, -0.15) is 5.26 Å². The first kappa shape index (κ1) is 14.1. The summed E-state index contributed by atoms with van der Waals surface area (Å²) >= 11 is 0. The molecule has 0 saturated carbocycles. The molecule has 96 valence electrons. The lowest BCUT2D eigenvalue weighted by Crippen LogP contribution is -2.27. The largest absolute Gasteiger partial charge is 0.355 e. The van der Waals surface area contributed by atoms with Gasteiger partial charge in [-0.1, -0.05) is 23.4 Å². The van der Waals surface area contributed by atoms with E-state index in [0.717, 1.165) is 5.17 Å². The number of allylic oxidation sites excluding steroid dienone is 1. The number of nitrogens with zero attached hydrogens (tertiary/aromatic N) is 4. The third kappa shape index (κ3) is 4.83. The normalized spacial score (nSPS) is 10.8. The highest BCUT2D eigenvalue weighted by molar-refractivity contribution is 5.84. The lowest BCUT2D eigenvalue weighted by Gasteiger charge is -2.14. The van der Waals surface area contributed by atoms with Crippen LogP contribution in [-0.2, 0) is 4.79 Å². The second kappa shape index (κ2) is 7.40. The molecule has 0 unspecified atom stereocenters. The Kier molecular flexibility index (Phi) is 5.50. The molecule has 0 aliphatic carbocycles. The summed E-state index contributed by atoms with van der Waals surface area (Å²) in [5.74, 6) is 0.0307. The minimum absolute atomic E-state index is 0.151. The van der Waals surface area contributed by atoms with E-state index in [0.29, 0.717) is 5.75 Å². The molecule has 0 aliphatic rings. The minimum Gasteiger partial charge on any atom is -0.355 e. The second-order valence-corrected chi connectivity index (χ2v) is 3.32. The van der Waals surface area contributed by atoms with Crippen LogP contribution >= 0.6 is 0 Å². The van der Waals surface area contributed by atoms with E-state index in [9.17, 15) is 4.79 Å². The number of hydroxylamine groups is 1. The molecule has 6 heteroatoms. The molecule has 1 rings (SSSR count). The van der Waals surface area contributed by atoms with Gasteiger partial charge in [0.25, 0.3) is 5.91 Å². The zero-order chi connectivity index (χ0) is 14.1. The van der Waals surface area contributed by atoms with Crippen LogP contribution in [0.15, 0.2) is 52.2 Å². The monoisotopic (exact) mass is 256 g/mol. The van der Waals surface area contributed by atoms with Gasteiger partial charge >= 0.3 is 0 Å². The van der Waals surface area contributed by atoms with Gasteiger partial charge in [0.15, 0.2) is 5.75 Å². The average Bonchev–Trinajstić information content (AvgIpc) is 2.42. The Balaban J connectivity index is 2.83. The smallest absolute Gasteiger partial charge is 0.277 e. The van der Waals surface area contributed by atoms with Crippen LogP contribution in [0.5, 0.6) is 5.75 Å². The Labute approximate surface area is 110 Å². The minimum atomic E-state index is -0.427. The number of rotatable bonds is 5. The number of nitriles is 1. The van der Waals surface area contributed by atoms with Gasteiger partial charge in [0, 0.05) is 13.1 Å². The molecule has 1 amide bonds. The summed E-state index contributed by atoms with van der Waals surface area (Å²) in [6.45, 7) is 4.52. The molecule has 0 bridgehead atoms. The first-order valence-corrected chi connectivity index (χ1v) is 5.31. The molecular weight excluding hydrogens is 244 g/mol. The number of amides is 1. The van der Waals surface area contributed by atoms with Gasteiger partial charge < -0.3 is 4.84 Å². The van der Waals surface area contributed by atoms with E-state index in [1.807, 2.05) is 12.1 Å². The summed E-state index contributed by atoms with van der Waals surface area (Å²) in [5, 5.41) is 13.3. The highest BCUT2D eigenvalue weighted by Crippen LogP contribution is 2.10. The lowest BCUT2D eigenvalue weighted by molar-refractivity contribution is -0.154. The maximum absolute atomic E-state index is 11.4. The number of benzene rings is 1. The summed E-state index contributed by atoms with van der Waals surface area (Å²) in [6.07, 6.45) is 2.39.